The standard InChI is InChI=1S/C12H20N4O2S/c1-15-3-4-16(2)10(7-15)6-13-5-9-8-19-11(14-9)12(17)18/h8,10,13H,3-7H2,1-2H3,(H,17,18). The van der Waals surface area contributed by atoms with Crippen molar-refractivity contribution in [1.29, 1.82) is 0 Å². The highest BCUT2D eigenvalue weighted by atomic mass is 32.1. The Morgan fingerprint density at radius 3 is 3.05 bits per heavy atom. The molecule has 1 fully saturated rings. The molecule has 1 saturated heterocycles. The number of piperazine rings is 1. The zero-order valence-electron chi connectivity index (χ0n) is 11.3. The van der Waals surface area contributed by atoms with Crippen molar-refractivity contribution in [2.75, 3.05) is 40.3 Å². The van der Waals surface area contributed by atoms with Gasteiger partial charge < -0.3 is 15.3 Å². The Hall–Kier alpha value is -1.02. The molecule has 0 spiro atoms. The van der Waals surface area contributed by atoms with Crippen LogP contribution in [-0.2, 0) is 6.54 Å². The highest BCUT2D eigenvalue weighted by Crippen LogP contribution is 2.10. The van der Waals surface area contributed by atoms with Crippen molar-refractivity contribution in [3.63, 3.8) is 0 Å². The van der Waals surface area contributed by atoms with Crippen molar-refractivity contribution in [3.8, 4) is 0 Å². The predicted molar refractivity (Wildman–Crippen MR) is 74.7 cm³/mol. The van der Waals surface area contributed by atoms with Crippen LogP contribution in [0.2, 0.25) is 0 Å². The van der Waals surface area contributed by atoms with Gasteiger partial charge in [0.15, 0.2) is 0 Å². The number of nitrogens with zero attached hydrogens (tertiary/aromatic N) is 3. The molecule has 0 aromatic carbocycles. The Kier molecular flexibility index (Phi) is 4.87. The third-order valence-electron chi connectivity index (χ3n) is 3.40. The lowest BCUT2D eigenvalue weighted by Gasteiger charge is -2.37. The number of hydrogen-bond donors (Lipinski definition) is 2. The lowest BCUT2D eigenvalue weighted by Crippen LogP contribution is -2.53. The van der Waals surface area contributed by atoms with Gasteiger partial charge in [0, 0.05) is 44.1 Å². The lowest BCUT2D eigenvalue weighted by atomic mass is 10.2. The third kappa shape index (κ3) is 3.97. The summed E-state index contributed by atoms with van der Waals surface area (Å²) in [5, 5.41) is 14.1. The Balaban J connectivity index is 1.77. The normalized spacial score (nSPS) is 21.7. The van der Waals surface area contributed by atoms with E-state index in [-0.39, 0.29) is 5.01 Å². The first-order valence-corrected chi connectivity index (χ1v) is 7.21. The number of aromatic carboxylic acids is 1. The van der Waals surface area contributed by atoms with E-state index in [1.807, 2.05) is 0 Å². The molecule has 7 heteroatoms. The number of likely N-dealkylation sites (N-methyl/N-ethyl adjacent to an activating group) is 2. The number of aromatic nitrogens is 1. The van der Waals surface area contributed by atoms with E-state index in [4.69, 9.17) is 5.11 Å². The van der Waals surface area contributed by atoms with Crippen LogP contribution in [0.5, 0.6) is 0 Å². The number of carbonyl (C=O) groups is 1. The van der Waals surface area contributed by atoms with Crippen LogP contribution in [0.1, 0.15) is 15.5 Å². The fraction of sp³-hybridized carbons (Fsp3) is 0.667. The molecule has 0 bridgehead atoms. The van der Waals surface area contributed by atoms with Gasteiger partial charge in [0.05, 0.1) is 5.69 Å². The third-order valence-corrected chi connectivity index (χ3v) is 4.28. The molecule has 1 atom stereocenters. The molecule has 1 aromatic heterocycles. The summed E-state index contributed by atoms with van der Waals surface area (Å²) in [5.41, 5.74) is 0.800. The number of carboxylic acids is 1. The second-order valence-corrected chi connectivity index (χ2v) is 5.83. The van der Waals surface area contributed by atoms with Gasteiger partial charge in [0.1, 0.15) is 0 Å². The monoisotopic (exact) mass is 284 g/mol. The zero-order valence-corrected chi connectivity index (χ0v) is 12.1. The van der Waals surface area contributed by atoms with E-state index in [2.05, 4.69) is 34.2 Å². The summed E-state index contributed by atoms with van der Waals surface area (Å²) in [6.07, 6.45) is 0. The van der Waals surface area contributed by atoms with Gasteiger partial charge in [-0.1, -0.05) is 0 Å². The van der Waals surface area contributed by atoms with Gasteiger partial charge in [0.25, 0.3) is 0 Å². The van der Waals surface area contributed by atoms with E-state index >= 15 is 0 Å². The molecule has 2 N–H and O–H groups in total. The van der Waals surface area contributed by atoms with Gasteiger partial charge in [-0.2, -0.15) is 0 Å². The Labute approximate surface area is 117 Å². The van der Waals surface area contributed by atoms with E-state index in [0.717, 1.165) is 31.9 Å². The molecule has 1 aliphatic rings. The molecule has 19 heavy (non-hydrogen) atoms. The first-order valence-electron chi connectivity index (χ1n) is 6.33. The quantitative estimate of drug-likeness (QED) is 0.804. The number of carboxylic acid groups (broad SMARTS) is 1. The molecular formula is C12H20N4O2S. The predicted octanol–water partition coefficient (Wildman–Crippen LogP) is 0.177. The van der Waals surface area contributed by atoms with Crippen molar-refractivity contribution in [2.24, 2.45) is 0 Å². The molecule has 0 saturated carbocycles. The summed E-state index contributed by atoms with van der Waals surface area (Å²) in [6, 6.07) is 0.497. The first kappa shape index (κ1) is 14.4. The fourth-order valence-corrected chi connectivity index (χ4v) is 2.83. The van der Waals surface area contributed by atoms with Crippen LogP contribution >= 0.6 is 11.3 Å². The molecular weight excluding hydrogens is 264 g/mol. The molecule has 1 aromatic rings. The SMILES string of the molecule is CN1CCN(C)C(CNCc2csc(C(=O)O)n2)C1. The first-order chi connectivity index (χ1) is 9.06. The van der Waals surface area contributed by atoms with Gasteiger partial charge in [0.2, 0.25) is 5.01 Å². The molecule has 0 aliphatic carbocycles. The van der Waals surface area contributed by atoms with Crippen LogP contribution in [0, 0.1) is 0 Å². The van der Waals surface area contributed by atoms with E-state index in [0.29, 0.717) is 12.6 Å². The minimum Gasteiger partial charge on any atom is -0.476 e. The summed E-state index contributed by atoms with van der Waals surface area (Å²) in [4.78, 5) is 19.5. The van der Waals surface area contributed by atoms with Crippen LogP contribution in [0.3, 0.4) is 0 Å². The number of nitrogens with one attached hydrogen (secondary N) is 1. The smallest absolute Gasteiger partial charge is 0.365 e. The average Bonchev–Trinajstić information content (AvgIpc) is 2.82. The molecule has 1 aliphatic heterocycles. The van der Waals surface area contributed by atoms with E-state index in [1.165, 1.54) is 11.3 Å². The molecule has 2 rings (SSSR count). The van der Waals surface area contributed by atoms with E-state index in [1.54, 1.807) is 5.38 Å². The Morgan fingerprint density at radius 1 is 1.58 bits per heavy atom. The zero-order chi connectivity index (χ0) is 13.8. The van der Waals surface area contributed by atoms with Crippen LogP contribution in [0.4, 0.5) is 0 Å². The van der Waals surface area contributed by atoms with Crippen LogP contribution in [0.25, 0.3) is 0 Å². The van der Waals surface area contributed by atoms with Crippen LogP contribution < -0.4 is 5.32 Å². The maximum Gasteiger partial charge on any atom is 0.365 e. The molecule has 2 heterocycles. The summed E-state index contributed by atoms with van der Waals surface area (Å²) in [5.74, 6) is -0.954. The highest BCUT2D eigenvalue weighted by molar-refractivity contribution is 7.11. The van der Waals surface area contributed by atoms with Crippen molar-refractivity contribution in [1.82, 2.24) is 20.1 Å². The lowest BCUT2D eigenvalue weighted by molar-refractivity contribution is 0.0696. The highest BCUT2D eigenvalue weighted by Gasteiger charge is 2.21. The molecule has 6 nitrogen and oxygen atoms in total. The van der Waals surface area contributed by atoms with Crippen molar-refractivity contribution in [3.05, 3.63) is 16.1 Å². The van der Waals surface area contributed by atoms with E-state index < -0.39 is 5.97 Å². The largest absolute Gasteiger partial charge is 0.476 e. The minimum atomic E-state index is -0.954. The topological polar surface area (TPSA) is 68.7 Å². The van der Waals surface area contributed by atoms with Crippen molar-refractivity contribution >= 4 is 17.3 Å². The number of thiazole rings is 1. The molecule has 0 amide bonds. The maximum atomic E-state index is 10.7. The molecule has 1 unspecified atom stereocenters. The number of hydrogen-bond acceptors (Lipinski definition) is 6. The average molecular weight is 284 g/mol. The van der Waals surface area contributed by atoms with Gasteiger partial charge in [-0.3, -0.25) is 4.90 Å². The fourth-order valence-electron chi connectivity index (χ4n) is 2.18. The van der Waals surface area contributed by atoms with Crippen LogP contribution in [0.15, 0.2) is 5.38 Å². The summed E-state index contributed by atoms with van der Waals surface area (Å²) < 4.78 is 0. The summed E-state index contributed by atoms with van der Waals surface area (Å²) >= 11 is 1.18. The van der Waals surface area contributed by atoms with Crippen LogP contribution in [-0.4, -0.2) is 72.2 Å². The second kappa shape index (κ2) is 6.42. The van der Waals surface area contributed by atoms with Crippen molar-refractivity contribution in [2.45, 2.75) is 12.6 Å². The summed E-state index contributed by atoms with van der Waals surface area (Å²) in [6.45, 7) is 4.77. The minimum absolute atomic E-state index is 0.159. The second-order valence-electron chi connectivity index (χ2n) is 4.98. The van der Waals surface area contributed by atoms with Crippen molar-refractivity contribution < 1.29 is 9.90 Å². The molecule has 106 valence electrons. The Morgan fingerprint density at radius 2 is 2.37 bits per heavy atom. The number of rotatable bonds is 5. The Bertz CT molecular complexity index is 437. The van der Waals surface area contributed by atoms with Gasteiger partial charge in [-0.05, 0) is 14.1 Å². The summed E-state index contributed by atoms with van der Waals surface area (Å²) in [7, 11) is 4.28. The van der Waals surface area contributed by atoms with Gasteiger partial charge in [-0.15, -0.1) is 11.3 Å². The molecule has 0 radical (unpaired) electrons. The van der Waals surface area contributed by atoms with Gasteiger partial charge >= 0.3 is 5.97 Å². The van der Waals surface area contributed by atoms with Gasteiger partial charge in [-0.25, -0.2) is 9.78 Å². The maximum absolute atomic E-state index is 10.7. The van der Waals surface area contributed by atoms with E-state index in [9.17, 15) is 4.79 Å².